The fourth-order valence-corrected chi connectivity index (χ4v) is 3.68. The van der Waals surface area contributed by atoms with Gasteiger partial charge >= 0.3 is 6.55 Å². The molecule has 0 bridgehead atoms. The van der Waals surface area contributed by atoms with Gasteiger partial charge < -0.3 is 0 Å². The van der Waals surface area contributed by atoms with Crippen LogP contribution >= 0.6 is 15.9 Å². The number of halogens is 3. The van der Waals surface area contributed by atoms with Crippen molar-refractivity contribution in [2.45, 2.75) is 24.9 Å². The second-order valence-electron chi connectivity index (χ2n) is 4.64. The highest BCUT2D eigenvalue weighted by molar-refractivity contribution is 9.10. The number of aryl methyl sites for hydroxylation is 1. The summed E-state index contributed by atoms with van der Waals surface area (Å²) in [6.45, 7) is -1.56. The van der Waals surface area contributed by atoms with Crippen LogP contribution in [0.5, 0.6) is 0 Å². The second kappa shape index (κ2) is 6.05. The molecule has 0 spiro atoms. The summed E-state index contributed by atoms with van der Waals surface area (Å²) in [4.78, 5) is -0.242. The van der Waals surface area contributed by atoms with Gasteiger partial charge in [-0.1, -0.05) is 0 Å². The highest BCUT2D eigenvalue weighted by Crippen LogP contribution is 2.24. The van der Waals surface area contributed by atoms with Gasteiger partial charge in [-0.05, 0) is 22.9 Å². The van der Waals surface area contributed by atoms with Gasteiger partial charge in [-0.25, -0.2) is 13.1 Å². The molecule has 0 atom stereocenters. The summed E-state index contributed by atoms with van der Waals surface area (Å²) in [6.07, 6.45) is 2.49. The van der Waals surface area contributed by atoms with Gasteiger partial charge in [0.05, 0.1) is 34.8 Å². The van der Waals surface area contributed by atoms with Gasteiger partial charge in [0.25, 0.3) is 0 Å². The molecular weight excluding hydrogens is 384 g/mol. The lowest BCUT2D eigenvalue weighted by Gasteiger charge is -2.17. The Bertz CT molecular complexity index is 767. The van der Waals surface area contributed by atoms with Crippen molar-refractivity contribution in [3.05, 3.63) is 28.3 Å². The Kier molecular flexibility index (Phi) is 4.68. The average Bonchev–Trinajstić information content (AvgIpc) is 2.96. The summed E-state index contributed by atoms with van der Waals surface area (Å²) >= 11 is 3.29. The van der Waals surface area contributed by atoms with E-state index in [1.165, 1.54) is 18.7 Å². The van der Waals surface area contributed by atoms with E-state index < -0.39 is 16.6 Å². The Balaban J connectivity index is 2.34. The third-order valence-corrected chi connectivity index (χ3v) is 5.82. The Labute approximate surface area is 134 Å². The van der Waals surface area contributed by atoms with Crippen LogP contribution in [0, 0.1) is 6.92 Å². The summed E-state index contributed by atoms with van der Waals surface area (Å²) in [6, 6.07) is 0. The largest absolute Gasteiger partial charge is 0.333 e. The first-order valence-corrected chi connectivity index (χ1v) is 8.34. The van der Waals surface area contributed by atoms with Gasteiger partial charge in [-0.2, -0.15) is 23.3 Å². The van der Waals surface area contributed by atoms with Crippen LogP contribution in [0.1, 0.15) is 17.9 Å². The van der Waals surface area contributed by atoms with E-state index in [1.54, 1.807) is 13.2 Å². The van der Waals surface area contributed by atoms with Gasteiger partial charge in [-0.15, -0.1) is 0 Å². The number of alkyl halides is 2. The quantitative estimate of drug-likeness (QED) is 0.772. The van der Waals surface area contributed by atoms with Crippen LogP contribution in [0.25, 0.3) is 0 Å². The molecule has 2 rings (SSSR count). The number of rotatable bonds is 5. The van der Waals surface area contributed by atoms with Crippen LogP contribution in [0.2, 0.25) is 0 Å². The fraction of sp³-hybridized carbons (Fsp3) is 0.455. The van der Waals surface area contributed by atoms with E-state index in [0.29, 0.717) is 14.8 Å². The molecule has 0 radical (unpaired) electrons. The third-order valence-electron chi connectivity index (χ3n) is 3.26. The fourth-order valence-electron chi connectivity index (χ4n) is 1.94. The van der Waals surface area contributed by atoms with Gasteiger partial charge in [0, 0.05) is 14.1 Å². The first-order chi connectivity index (χ1) is 10.2. The normalized spacial score (nSPS) is 12.5. The van der Waals surface area contributed by atoms with Crippen molar-refractivity contribution >= 4 is 26.0 Å². The maximum atomic E-state index is 12.7. The zero-order chi connectivity index (χ0) is 16.7. The molecule has 0 aliphatic rings. The number of nitrogens with zero attached hydrogens (tertiary/aromatic N) is 5. The summed E-state index contributed by atoms with van der Waals surface area (Å²) in [7, 11) is -0.887. The molecule has 0 N–H and O–H groups in total. The molecule has 2 heterocycles. The molecule has 0 saturated carbocycles. The lowest BCUT2D eigenvalue weighted by Crippen LogP contribution is -2.28. The molecule has 2 aromatic heterocycles. The van der Waals surface area contributed by atoms with E-state index in [0.717, 1.165) is 10.5 Å². The van der Waals surface area contributed by atoms with Crippen LogP contribution in [0.15, 0.2) is 21.8 Å². The smallest absolute Gasteiger partial charge is 0.270 e. The molecule has 0 unspecified atom stereocenters. The van der Waals surface area contributed by atoms with Gasteiger partial charge in [0.1, 0.15) is 4.90 Å². The van der Waals surface area contributed by atoms with Gasteiger partial charge in [-0.3, -0.25) is 4.68 Å². The molecule has 0 fully saturated rings. The molecule has 22 heavy (non-hydrogen) atoms. The highest BCUT2D eigenvalue weighted by Gasteiger charge is 2.28. The van der Waals surface area contributed by atoms with Crippen LogP contribution in [-0.4, -0.2) is 39.3 Å². The predicted octanol–water partition coefficient (Wildman–Crippen LogP) is 1.90. The minimum atomic E-state index is -3.94. The molecule has 0 aliphatic heterocycles. The molecule has 0 aromatic carbocycles. The minimum Gasteiger partial charge on any atom is -0.270 e. The maximum Gasteiger partial charge on any atom is 0.333 e. The van der Waals surface area contributed by atoms with Gasteiger partial charge in [0.15, 0.2) is 0 Å². The molecule has 122 valence electrons. The molecule has 7 nitrogen and oxygen atoms in total. The number of sulfonamides is 1. The van der Waals surface area contributed by atoms with Crippen molar-refractivity contribution in [1.82, 2.24) is 23.9 Å². The number of hydrogen-bond donors (Lipinski definition) is 0. The first-order valence-electron chi connectivity index (χ1n) is 6.11. The zero-order valence-corrected chi connectivity index (χ0v) is 14.4. The first kappa shape index (κ1) is 17.0. The molecule has 0 amide bonds. The van der Waals surface area contributed by atoms with Crippen LogP contribution in [0.3, 0.4) is 0 Å². The lowest BCUT2D eigenvalue weighted by molar-refractivity contribution is 0.0541. The van der Waals surface area contributed by atoms with E-state index in [4.69, 9.17) is 0 Å². The average molecular weight is 398 g/mol. The Hall–Kier alpha value is -1.33. The summed E-state index contributed by atoms with van der Waals surface area (Å²) < 4.78 is 54.1. The van der Waals surface area contributed by atoms with Crippen molar-refractivity contribution in [2.75, 3.05) is 7.05 Å². The van der Waals surface area contributed by atoms with Crippen LogP contribution in [0.4, 0.5) is 8.78 Å². The summed E-state index contributed by atoms with van der Waals surface area (Å²) in [5.41, 5.74) is 0.538. The summed E-state index contributed by atoms with van der Waals surface area (Å²) in [5, 5.41) is 7.43. The molecule has 0 aliphatic carbocycles. The standard InChI is InChI=1S/C11H14BrF2N5O2S/c1-7-10(5-16-19(7)11(13)14)22(20,21)17(2)6-9-8(12)4-15-18(9)3/h4-5,11H,6H2,1-3H3. The monoisotopic (exact) mass is 397 g/mol. The Morgan fingerprint density at radius 3 is 2.45 bits per heavy atom. The molecule has 0 saturated heterocycles. The zero-order valence-electron chi connectivity index (χ0n) is 12.0. The van der Waals surface area contributed by atoms with Crippen molar-refractivity contribution in [3.63, 3.8) is 0 Å². The SMILES string of the molecule is Cc1c(S(=O)(=O)N(C)Cc2c(Br)cnn2C)cnn1C(F)F. The molecule has 2 aromatic rings. The number of aromatic nitrogens is 4. The third kappa shape index (κ3) is 2.92. The Morgan fingerprint density at radius 2 is 2.00 bits per heavy atom. The van der Waals surface area contributed by atoms with E-state index in [1.807, 2.05) is 0 Å². The number of hydrogen-bond acceptors (Lipinski definition) is 4. The van der Waals surface area contributed by atoms with Crippen LogP contribution < -0.4 is 0 Å². The van der Waals surface area contributed by atoms with Crippen molar-refractivity contribution in [3.8, 4) is 0 Å². The van der Waals surface area contributed by atoms with E-state index in [2.05, 4.69) is 26.1 Å². The van der Waals surface area contributed by atoms with E-state index >= 15 is 0 Å². The van der Waals surface area contributed by atoms with E-state index in [9.17, 15) is 17.2 Å². The minimum absolute atomic E-state index is 0.0404. The van der Waals surface area contributed by atoms with Crippen molar-refractivity contribution < 1.29 is 17.2 Å². The maximum absolute atomic E-state index is 12.7. The highest BCUT2D eigenvalue weighted by atomic mass is 79.9. The lowest BCUT2D eigenvalue weighted by atomic mass is 10.4. The van der Waals surface area contributed by atoms with Crippen molar-refractivity contribution in [2.24, 2.45) is 7.05 Å². The Morgan fingerprint density at radius 1 is 1.36 bits per heavy atom. The molecule has 11 heteroatoms. The van der Waals surface area contributed by atoms with Crippen molar-refractivity contribution in [1.29, 1.82) is 0 Å². The second-order valence-corrected chi connectivity index (χ2v) is 7.51. The van der Waals surface area contributed by atoms with E-state index in [-0.39, 0.29) is 17.1 Å². The predicted molar refractivity (Wildman–Crippen MR) is 77.8 cm³/mol. The topological polar surface area (TPSA) is 73.0 Å². The summed E-state index contributed by atoms with van der Waals surface area (Å²) in [5.74, 6) is 0. The van der Waals surface area contributed by atoms with Gasteiger partial charge in [0.2, 0.25) is 10.0 Å². The molecular formula is C11H14BrF2N5O2S. The van der Waals surface area contributed by atoms with Crippen LogP contribution in [-0.2, 0) is 23.6 Å².